The van der Waals surface area contributed by atoms with Gasteiger partial charge in [-0.05, 0) is 50.3 Å². The van der Waals surface area contributed by atoms with Gasteiger partial charge in [-0.25, -0.2) is 0 Å². The number of hydrogen-bond donors (Lipinski definition) is 0. The number of nitrogens with zero attached hydrogens (tertiary/aromatic N) is 1. The predicted molar refractivity (Wildman–Crippen MR) is 69.9 cm³/mol. The van der Waals surface area contributed by atoms with Crippen LogP contribution in [-0.4, -0.2) is 18.4 Å². The third kappa shape index (κ3) is 1.85. The van der Waals surface area contributed by atoms with Gasteiger partial charge in [-0.2, -0.15) is 0 Å². The van der Waals surface area contributed by atoms with E-state index in [1.54, 1.807) is 6.92 Å². The first-order chi connectivity index (χ1) is 8.15. The van der Waals surface area contributed by atoms with Crippen molar-refractivity contribution in [3.05, 3.63) is 28.8 Å². The topological polar surface area (TPSA) is 20.3 Å². The van der Waals surface area contributed by atoms with Gasteiger partial charge in [0, 0.05) is 23.8 Å². The fraction of sp³-hybridized carbons (Fsp3) is 0.500. The highest BCUT2D eigenvalue weighted by atomic mass is 35.5. The van der Waals surface area contributed by atoms with Crippen molar-refractivity contribution in [2.75, 3.05) is 11.4 Å². The summed E-state index contributed by atoms with van der Waals surface area (Å²) in [7, 11) is 0. The van der Waals surface area contributed by atoms with Gasteiger partial charge < -0.3 is 4.90 Å². The van der Waals surface area contributed by atoms with Gasteiger partial charge in [-0.15, -0.1) is 0 Å². The van der Waals surface area contributed by atoms with Gasteiger partial charge in [0.1, 0.15) is 0 Å². The molecule has 2 bridgehead atoms. The van der Waals surface area contributed by atoms with Gasteiger partial charge in [-0.1, -0.05) is 11.6 Å². The Kier molecular flexibility index (Phi) is 2.62. The van der Waals surface area contributed by atoms with Crippen LogP contribution in [0, 0.1) is 5.92 Å². The van der Waals surface area contributed by atoms with E-state index in [0.717, 1.165) is 12.5 Å². The van der Waals surface area contributed by atoms with Crippen molar-refractivity contribution < 1.29 is 4.79 Å². The molecule has 0 spiro atoms. The molecule has 0 radical (unpaired) electrons. The van der Waals surface area contributed by atoms with Crippen LogP contribution < -0.4 is 4.90 Å². The molecule has 1 aromatic carbocycles. The SMILES string of the molecule is CC(=O)c1ccc(N2CC3CCC2C3)cc1Cl. The monoisotopic (exact) mass is 249 g/mol. The highest BCUT2D eigenvalue weighted by Crippen LogP contribution is 2.40. The molecule has 2 unspecified atom stereocenters. The van der Waals surface area contributed by atoms with E-state index >= 15 is 0 Å². The van der Waals surface area contributed by atoms with Gasteiger partial charge in [0.15, 0.2) is 5.78 Å². The van der Waals surface area contributed by atoms with Crippen molar-refractivity contribution >= 4 is 23.1 Å². The van der Waals surface area contributed by atoms with E-state index < -0.39 is 0 Å². The molecule has 1 aromatic rings. The van der Waals surface area contributed by atoms with Crippen LogP contribution in [0.5, 0.6) is 0 Å². The fourth-order valence-corrected chi connectivity index (χ4v) is 3.52. The molecule has 0 N–H and O–H groups in total. The Bertz CT molecular complexity index is 471. The van der Waals surface area contributed by atoms with Gasteiger partial charge >= 0.3 is 0 Å². The maximum absolute atomic E-state index is 11.3. The molecule has 17 heavy (non-hydrogen) atoms. The zero-order valence-electron chi connectivity index (χ0n) is 9.95. The molecule has 2 fully saturated rings. The first kappa shape index (κ1) is 11.1. The Hall–Kier alpha value is -1.02. The highest BCUT2D eigenvalue weighted by Gasteiger charge is 2.37. The Balaban J connectivity index is 1.89. The summed E-state index contributed by atoms with van der Waals surface area (Å²) in [5.74, 6) is 0.899. The number of piperidine rings is 1. The lowest BCUT2D eigenvalue weighted by molar-refractivity contribution is 0.101. The molecule has 0 aromatic heterocycles. The zero-order valence-corrected chi connectivity index (χ0v) is 10.7. The molecule has 2 atom stereocenters. The number of carbonyl (C=O) groups excluding carboxylic acids is 1. The zero-order chi connectivity index (χ0) is 12.0. The summed E-state index contributed by atoms with van der Waals surface area (Å²) in [5.41, 5.74) is 1.80. The van der Waals surface area contributed by atoms with Crippen LogP contribution in [0.1, 0.15) is 36.5 Å². The van der Waals surface area contributed by atoms with Crippen LogP contribution in [0.2, 0.25) is 5.02 Å². The molecule has 90 valence electrons. The van der Waals surface area contributed by atoms with Crippen LogP contribution in [0.25, 0.3) is 0 Å². The lowest BCUT2D eigenvalue weighted by Gasteiger charge is -2.29. The molecule has 3 heteroatoms. The first-order valence-corrected chi connectivity index (χ1v) is 6.60. The fourth-order valence-electron chi connectivity index (χ4n) is 3.21. The number of ketones is 1. The van der Waals surface area contributed by atoms with E-state index in [2.05, 4.69) is 4.90 Å². The summed E-state index contributed by atoms with van der Waals surface area (Å²) in [6.45, 7) is 2.71. The highest BCUT2D eigenvalue weighted by molar-refractivity contribution is 6.34. The molecule has 2 aliphatic rings. The maximum Gasteiger partial charge on any atom is 0.161 e. The minimum absolute atomic E-state index is 0.0319. The van der Waals surface area contributed by atoms with Crippen LogP contribution in [-0.2, 0) is 0 Å². The number of benzene rings is 1. The largest absolute Gasteiger partial charge is 0.368 e. The second-order valence-electron chi connectivity index (χ2n) is 5.21. The molecule has 3 rings (SSSR count). The predicted octanol–water partition coefficient (Wildman–Crippen LogP) is 3.53. The minimum Gasteiger partial charge on any atom is -0.368 e. The number of fused-ring (bicyclic) bond motifs is 2. The van der Waals surface area contributed by atoms with Crippen molar-refractivity contribution in [1.29, 1.82) is 0 Å². The standard InChI is InChI=1S/C14H16ClNO/c1-9(17)13-5-4-12(7-14(13)15)16-8-10-2-3-11(16)6-10/h4-5,7,10-11H,2-3,6,8H2,1H3. The van der Waals surface area contributed by atoms with E-state index in [9.17, 15) is 4.79 Å². The second-order valence-corrected chi connectivity index (χ2v) is 5.61. The summed E-state index contributed by atoms with van der Waals surface area (Å²) in [6.07, 6.45) is 4.00. The average molecular weight is 250 g/mol. The second kappa shape index (κ2) is 4.02. The smallest absolute Gasteiger partial charge is 0.161 e. The van der Waals surface area contributed by atoms with Crippen molar-refractivity contribution in [2.45, 2.75) is 32.2 Å². The third-order valence-corrected chi connectivity index (χ3v) is 4.39. The van der Waals surface area contributed by atoms with Crippen LogP contribution in [0.3, 0.4) is 0 Å². The van der Waals surface area contributed by atoms with Gasteiger partial charge in [0.05, 0.1) is 5.02 Å². The van der Waals surface area contributed by atoms with E-state index in [1.165, 1.54) is 24.9 Å². The summed E-state index contributed by atoms with van der Waals surface area (Å²) in [4.78, 5) is 13.8. The number of anilines is 1. The summed E-state index contributed by atoms with van der Waals surface area (Å²) in [5, 5.41) is 0.581. The number of hydrogen-bond acceptors (Lipinski definition) is 2. The number of rotatable bonds is 2. The molecule has 2 nitrogen and oxygen atoms in total. The molecular weight excluding hydrogens is 234 g/mol. The van der Waals surface area contributed by atoms with Crippen LogP contribution in [0.15, 0.2) is 18.2 Å². The third-order valence-electron chi connectivity index (χ3n) is 4.07. The quantitative estimate of drug-likeness (QED) is 0.748. The van der Waals surface area contributed by atoms with E-state index in [0.29, 0.717) is 16.6 Å². The molecular formula is C14H16ClNO. The minimum atomic E-state index is 0.0319. The van der Waals surface area contributed by atoms with E-state index in [1.807, 2.05) is 18.2 Å². The number of carbonyl (C=O) groups is 1. The Morgan fingerprint density at radius 3 is 2.76 bits per heavy atom. The van der Waals surface area contributed by atoms with Gasteiger partial charge in [0.2, 0.25) is 0 Å². The summed E-state index contributed by atoms with van der Waals surface area (Å²) in [6, 6.07) is 6.52. The maximum atomic E-state index is 11.3. The van der Waals surface area contributed by atoms with Crippen molar-refractivity contribution in [1.82, 2.24) is 0 Å². The average Bonchev–Trinajstić information content (AvgIpc) is 2.89. The van der Waals surface area contributed by atoms with Gasteiger partial charge in [0.25, 0.3) is 0 Å². The van der Waals surface area contributed by atoms with E-state index in [4.69, 9.17) is 11.6 Å². The molecule has 1 aliphatic carbocycles. The van der Waals surface area contributed by atoms with E-state index in [-0.39, 0.29) is 5.78 Å². The van der Waals surface area contributed by atoms with Crippen LogP contribution in [0.4, 0.5) is 5.69 Å². The first-order valence-electron chi connectivity index (χ1n) is 6.22. The number of halogens is 1. The van der Waals surface area contributed by atoms with Gasteiger partial charge in [-0.3, -0.25) is 4.79 Å². The Morgan fingerprint density at radius 1 is 1.41 bits per heavy atom. The molecule has 1 aliphatic heterocycles. The van der Waals surface area contributed by atoms with Crippen LogP contribution >= 0.6 is 11.6 Å². The lowest BCUT2D eigenvalue weighted by Crippen LogP contribution is -2.31. The molecule has 0 amide bonds. The normalized spacial score (nSPS) is 26.6. The Morgan fingerprint density at radius 2 is 2.24 bits per heavy atom. The molecule has 1 saturated heterocycles. The Labute approximate surface area is 107 Å². The van der Waals surface area contributed by atoms with Crippen molar-refractivity contribution in [3.63, 3.8) is 0 Å². The lowest BCUT2D eigenvalue weighted by atomic mass is 10.1. The molecule has 1 heterocycles. The van der Waals surface area contributed by atoms with Crippen molar-refractivity contribution in [3.8, 4) is 0 Å². The number of Topliss-reactive ketones (excluding diaryl/α,β-unsaturated/α-hetero) is 1. The summed E-state index contributed by atoms with van der Waals surface area (Å²) < 4.78 is 0. The van der Waals surface area contributed by atoms with Crippen molar-refractivity contribution in [2.24, 2.45) is 5.92 Å². The summed E-state index contributed by atoms with van der Waals surface area (Å²) >= 11 is 6.16. The molecule has 1 saturated carbocycles.